The number of ether oxygens (including phenoxy) is 1. The average Bonchev–Trinajstić information content (AvgIpc) is 2.82. The number of amides is 2. The van der Waals surface area contributed by atoms with Gasteiger partial charge in [-0.25, -0.2) is 4.79 Å². The van der Waals surface area contributed by atoms with Crippen molar-refractivity contribution in [1.29, 1.82) is 0 Å². The number of urea groups is 1. The van der Waals surface area contributed by atoms with Gasteiger partial charge in [-0.2, -0.15) is 5.10 Å². The zero-order chi connectivity index (χ0) is 12.5. The summed E-state index contributed by atoms with van der Waals surface area (Å²) in [4.78, 5) is 12.8. The first-order chi connectivity index (χ1) is 8.75. The summed E-state index contributed by atoms with van der Waals surface area (Å²) in [5.74, 6) is 0. The van der Waals surface area contributed by atoms with Crippen molar-refractivity contribution in [2.45, 2.75) is 31.8 Å². The summed E-state index contributed by atoms with van der Waals surface area (Å²) in [6.07, 6.45) is 4.76. The predicted octanol–water partition coefficient (Wildman–Crippen LogP) is 0.671. The van der Waals surface area contributed by atoms with Gasteiger partial charge < -0.3 is 15.4 Å². The summed E-state index contributed by atoms with van der Waals surface area (Å²) in [6.45, 7) is 2.91. The molecule has 0 atom stereocenters. The molecule has 1 fully saturated rings. The fraction of sp³-hybridized carbons (Fsp3) is 0.667. The molecule has 0 aromatic carbocycles. The molecule has 2 aliphatic rings. The summed E-state index contributed by atoms with van der Waals surface area (Å²) in [5, 5.41) is 4.50. The minimum Gasteiger partial charge on any atom is -0.381 e. The Morgan fingerprint density at radius 1 is 1.44 bits per heavy atom. The van der Waals surface area contributed by atoms with Crippen molar-refractivity contribution in [2.75, 3.05) is 19.8 Å². The summed E-state index contributed by atoms with van der Waals surface area (Å²) >= 11 is 0. The van der Waals surface area contributed by atoms with E-state index in [2.05, 4.69) is 9.78 Å². The number of carbonyl (C=O) groups excluding carboxylic acids is 1. The van der Waals surface area contributed by atoms with Gasteiger partial charge in [-0.1, -0.05) is 0 Å². The lowest BCUT2D eigenvalue weighted by Gasteiger charge is -2.29. The number of nitrogens with two attached hydrogens (primary N) is 1. The molecule has 1 aromatic heterocycles. The second-order valence-corrected chi connectivity index (χ2v) is 4.91. The van der Waals surface area contributed by atoms with Gasteiger partial charge in [0.05, 0.1) is 18.8 Å². The molecular formula is C12H18N4O2. The number of nitrogens with zero attached hydrogens (tertiary/aromatic N) is 3. The second-order valence-electron chi connectivity index (χ2n) is 4.91. The quantitative estimate of drug-likeness (QED) is 0.796. The number of fused-ring (bicyclic) bond motifs is 1. The molecule has 6 heteroatoms. The highest BCUT2D eigenvalue weighted by Gasteiger charge is 2.26. The molecule has 2 amide bonds. The number of carbonyl (C=O) groups is 1. The van der Waals surface area contributed by atoms with Gasteiger partial charge in [0.25, 0.3) is 0 Å². The molecule has 0 saturated carbocycles. The maximum atomic E-state index is 11.2. The molecule has 2 aliphatic heterocycles. The van der Waals surface area contributed by atoms with E-state index in [-0.39, 0.29) is 6.03 Å². The SMILES string of the molecule is NC(=O)N1CCc2c(cnn2C2CCOCC2)C1. The fourth-order valence-corrected chi connectivity index (χ4v) is 2.79. The lowest BCUT2D eigenvalue weighted by atomic mass is 10.1. The largest absolute Gasteiger partial charge is 0.381 e. The van der Waals surface area contributed by atoms with Crippen LogP contribution >= 0.6 is 0 Å². The molecule has 1 aromatic rings. The molecule has 3 rings (SSSR count). The van der Waals surface area contributed by atoms with Gasteiger partial charge in [-0.3, -0.25) is 4.68 Å². The minimum atomic E-state index is -0.348. The molecule has 0 unspecified atom stereocenters. The molecule has 0 radical (unpaired) electrons. The van der Waals surface area contributed by atoms with Crippen LogP contribution in [0.5, 0.6) is 0 Å². The van der Waals surface area contributed by atoms with Gasteiger partial charge >= 0.3 is 6.03 Å². The van der Waals surface area contributed by atoms with Crippen LogP contribution in [-0.2, 0) is 17.7 Å². The Hall–Kier alpha value is -1.56. The van der Waals surface area contributed by atoms with Gasteiger partial charge in [0.1, 0.15) is 0 Å². The monoisotopic (exact) mass is 250 g/mol. The molecule has 3 heterocycles. The topological polar surface area (TPSA) is 73.4 Å². The second kappa shape index (κ2) is 4.61. The molecule has 1 saturated heterocycles. The lowest BCUT2D eigenvalue weighted by molar-refractivity contribution is 0.0651. The molecule has 2 N–H and O–H groups in total. The van der Waals surface area contributed by atoms with Crippen molar-refractivity contribution < 1.29 is 9.53 Å². The van der Waals surface area contributed by atoms with Crippen molar-refractivity contribution in [3.63, 3.8) is 0 Å². The van der Waals surface area contributed by atoms with E-state index in [1.165, 1.54) is 5.69 Å². The van der Waals surface area contributed by atoms with E-state index < -0.39 is 0 Å². The van der Waals surface area contributed by atoms with Crippen LogP contribution < -0.4 is 5.73 Å². The summed E-state index contributed by atoms with van der Waals surface area (Å²) in [6, 6.07) is 0.0992. The Kier molecular flexibility index (Phi) is 2.95. The van der Waals surface area contributed by atoms with E-state index >= 15 is 0 Å². The predicted molar refractivity (Wildman–Crippen MR) is 65.0 cm³/mol. The van der Waals surface area contributed by atoms with Crippen molar-refractivity contribution in [3.05, 3.63) is 17.5 Å². The number of hydrogen-bond donors (Lipinski definition) is 1. The van der Waals surface area contributed by atoms with Gasteiger partial charge in [0, 0.05) is 37.4 Å². The molecule has 98 valence electrons. The zero-order valence-corrected chi connectivity index (χ0v) is 10.3. The first kappa shape index (κ1) is 11.5. The van der Waals surface area contributed by atoms with Crippen LogP contribution in [0.3, 0.4) is 0 Å². The maximum absolute atomic E-state index is 11.2. The van der Waals surface area contributed by atoms with Crippen molar-refractivity contribution in [3.8, 4) is 0 Å². The van der Waals surface area contributed by atoms with Crippen molar-refractivity contribution in [2.24, 2.45) is 5.73 Å². The minimum absolute atomic E-state index is 0.348. The van der Waals surface area contributed by atoms with E-state index in [4.69, 9.17) is 10.5 Å². The first-order valence-electron chi connectivity index (χ1n) is 6.43. The third kappa shape index (κ3) is 1.96. The first-order valence-corrected chi connectivity index (χ1v) is 6.43. The van der Waals surface area contributed by atoms with E-state index in [1.54, 1.807) is 4.90 Å². The van der Waals surface area contributed by atoms with Gasteiger partial charge in [0.2, 0.25) is 0 Å². The Bertz CT molecular complexity index is 451. The standard InChI is InChI=1S/C12H18N4O2/c13-12(17)15-4-1-11-9(8-15)7-14-16(11)10-2-5-18-6-3-10/h7,10H,1-6,8H2,(H2,13,17). The Morgan fingerprint density at radius 3 is 2.94 bits per heavy atom. The Labute approximate surface area is 106 Å². The maximum Gasteiger partial charge on any atom is 0.315 e. The van der Waals surface area contributed by atoms with E-state index in [0.717, 1.165) is 38.0 Å². The van der Waals surface area contributed by atoms with E-state index in [0.29, 0.717) is 19.1 Å². The third-order valence-corrected chi connectivity index (χ3v) is 3.81. The van der Waals surface area contributed by atoms with Crippen LogP contribution in [0.25, 0.3) is 0 Å². The summed E-state index contributed by atoms with van der Waals surface area (Å²) < 4.78 is 7.51. The van der Waals surface area contributed by atoms with E-state index in [1.807, 2.05) is 6.20 Å². The van der Waals surface area contributed by atoms with Crippen LogP contribution in [0, 0.1) is 0 Å². The smallest absolute Gasteiger partial charge is 0.315 e. The molecule has 0 spiro atoms. The van der Waals surface area contributed by atoms with Gasteiger partial charge in [-0.15, -0.1) is 0 Å². The van der Waals surface area contributed by atoms with E-state index in [9.17, 15) is 4.79 Å². The highest BCUT2D eigenvalue weighted by atomic mass is 16.5. The zero-order valence-electron chi connectivity index (χ0n) is 10.3. The number of primary amides is 1. The lowest BCUT2D eigenvalue weighted by Crippen LogP contribution is -2.40. The van der Waals surface area contributed by atoms with Crippen LogP contribution in [0.2, 0.25) is 0 Å². The molecular weight excluding hydrogens is 232 g/mol. The number of aromatic nitrogens is 2. The number of hydrogen-bond acceptors (Lipinski definition) is 3. The summed E-state index contributed by atoms with van der Waals surface area (Å²) in [5.41, 5.74) is 7.71. The van der Waals surface area contributed by atoms with Crippen LogP contribution in [0.1, 0.15) is 30.1 Å². The van der Waals surface area contributed by atoms with Crippen LogP contribution in [-0.4, -0.2) is 40.5 Å². The molecule has 0 aliphatic carbocycles. The van der Waals surface area contributed by atoms with Crippen molar-refractivity contribution >= 4 is 6.03 Å². The molecule has 18 heavy (non-hydrogen) atoms. The number of rotatable bonds is 1. The van der Waals surface area contributed by atoms with Gasteiger partial charge in [0.15, 0.2) is 0 Å². The fourth-order valence-electron chi connectivity index (χ4n) is 2.79. The van der Waals surface area contributed by atoms with Crippen LogP contribution in [0.15, 0.2) is 6.20 Å². The van der Waals surface area contributed by atoms with Crippen LogP contribution in [0.4, 0.5) is 4.79 Å². The molecule has 6 nitrogen and oxygen atoms in total. The Morgan fingerprint density at radius 2 is 2.22 bits per heavy atom. The highest BCUT2D eigenvalue weighted by molar-refractivity contribution is 5.72. The highest BCUT2D eigenvalue weighted by Crippen LogP contribution is 2.26. The Balaban J connectivity index is 1.81. The van der Waals surface area contributed by atoms with Crippen molar-refractivity contribution in [1.82, 2.24) is 14.7 Å². The van der Waals surface area contributed by atoms with Gasteiger partial charge in [-0.05, 0) is 12.8 Å². The molecule has 0 bridgehead atoms. The third-order valence-electron chi connectivity index (χ3n) is 3.81. The summed E-state index contributed by atoms with van der Waals surface area (Å²) in [7, 11) is 0. The average molecular weight is 250 g/mol. The normalized spacial score (nSPS) is 20.8.